The Morgan fingerprint density at radius 1 is 1.26 bits per heavy atom. The molecule has 0 bridgehead atoms. The average molecular weight is 315 g/mol. The van der Waals surface area contributed by atoms with Crippen molar-refractivity contribution < 1.29 is 9.59 Å². The molecule has 1 aromatic rings. The van der Waals surface area contributed by atoms with Crippen molar-refractivity contribution in [1.29, 1.82) is 0 Å². The zero-order chi connectivity index (χ0) is 16.4. The Labute approximate surface area is 137 Å². The van der Waals surface area contributed by atoms with Gasteiger partial charge in [0, 0.05) is 32.6 Å². The van der Waals surface area contributed by atoms with Crippen LogP contribution in [0.4, 0.5) is 0 Å². The van der Waals surface area contributed by atoms with Crippen LogP contribution in [-0.4, -0.2) is 47.8 Å². The van der Waals surface area contributed by atoms with Crippen molar-refractivity contribution in [2.45, 2.75) is 26.3 Å². The molecule has 3 rings (SSSR count). The van der Waals surface area contributed by atoms with E-state index in [2.05, 4.69) is 12.1 Å². The fraction of sp³-hybridized carbons (Fsp3) is 0.556. The molecule has 2 N–H and O–H groups in total. The molecule has 23 heavy (non-hydrogen) atoms. The molecule has 2 amide bonds. The van der Waals surface area contributed by atoms with Gasteiger partial charge < -0.3 is 15.5 Å². The Hall–Kier alpha value is -1.88. The highest BCUT2D eigenvalue weighted by atomic mass is 16.2. The number of nitrogens with zero attached hydrogens (tertiary/aromatic N) is 2. The molecular weight excluding hydrogens is 290 g/mol. The molecule has 5 heteroatoms. The summed E-state index contributed by atoms with van der Waals surface area (Å²) in [6, 6.07) is 8.19. The van der Waals surface area contributed by atoms with E-state index in [1.54, 1.807) is 0 Å². The Bertz CT molecular complexity index is 584. The van der Waals surface area contributed by atoms with Crippen LogP contribution in [0.5, 0.6) is 0 Å². The second-order valence-electron chi connectivity index (χ2n) is 6.84. The quantitative estimate of drug-likeness (QED) is 0.906. The maximum Gasteiger partial charge on any atom is 0.228 e. The fourth-order valence-corrected chi connectivity index (χ4v) is 3.49. The van der Waals surface area contributed by atoms with Gasteiger partial charge in [0.1, 0.15) is 0 Å². The minimum atomic E-state index is -0.190. The lowest BCUT2D eigenvalue weighted by Gasteiger charge is -2.21. The lowest BCUT2D eigenvalue weighted by molar-refractivity contribution is -0.135. The van der Waals surface area contributed by atoms with E-state index in [9.17, 15) is 9.59 Å². The topological polar surface area (TPSA) is 66.6 Å². The van der Waals surface area contributed by atoms with E-state index in [-0.39, 0.29) is 17.7 Å². The molecule has 2 fully saturated rings. The molecule has 2 atom stereocenters. The summed E-state index contributed by atoms with van der Waals surface area (Å²) < 4.78 is 0. The third-order valence-corrected chi connectivity index (χ3v) is 4.99. The van der Waals surface area contributed by atoms with Crippen molar-refractivity contribution >= 4 is 11.8 Å². The molecule has 1 aromatic carbocycles. The van der Waals surface area contributed by atoms with Crippen LogP contribution in [0.2, 0.25) is 0 Å². The lowest BCUT2D eigenvalue weighted by atomic mass is 10.1. The zero-order valence-electron chi connectivity index (χ0n) is 13.7. The van der Waals surface area contributed by atoms with E-state index >= 15 is 0 Å². The molecule has 0 aliphatic carbocycles. The minimum Gasteiger partial charge on any atom is -0.342 e. The molecule has 2 aliphatic heterocycles. The maximum atomic E-state index is 12.6. The molecule has 0 aromatic heterocycles. The standard InChI is InChI=1S/C18H25N3O2/c1-13-2-4-14(5-3-13)10-21-12-16(8-17(21)22)18(23)20-7-6-15(9-19)11-20/h2-5,15-16H,6-12,19H2,1H3. The first-order valence-electron chi connectivity index (χ1n) is 8.39. The first-order chi connectivity index (χ1) is 11.1. The summed E-state index contributed by atoms with van der Waals surface area (Å²) in [5.74, 6) is 0.434. The minimum absolute atomic E-state index is 0.0819. The summed E-state index contributed by atoms with van der Waals surface area (Å²) in [7, 11) is 0. The Morgan fingerprint density at radius 3 is 2.65 bits per heavy atom. The van der Waals surface area contributed by atoms with E-state index in [0.717, 1.165) is 25.1 Å². The van der Waals surface area contributed by atoms with Crippen LogP contribution in [0.15, 0.2) is 24.3 Å². The highest BCUT2D eigenvalue weighted by Crippen LogP contribution is 2.25. The van der Waals surface area contributed by atoms with Crippen molar-refractivity contribution in [1.82, 2.24) is 9.80 Å². The summed E-state index contributed by atoms with van der Waals surface area (Å²) in [5, 5.41) is 0. The molecule has 124 valence electrons. The maximum absolute atomic E-state index is 12.6. The number of carbonyl (C=O) groups is 2. The van der Waals surface area contributed by atoms with Gasteiger partial charge in [0.15, 0.2) is 0 Å². The summed E-state index contributed by atoms with van der Waals surface area (Å²) in [6.07, 6.45) is 1.32. The molecular formula is C18H25N3O2. The lowest BCUT2D eigenvalue weighted by Crippen LogP contribution is -2.36. The number of rotatable bonds is 4. The normalized spacial score (nSPS) is 24.5. The van der Waals surface area contributed by atoms with E-state index < -0.39 is 0 Å². The Kier molecular flexibility index (Phi) is 4.66. The SMILES string of the molecule is Cc1ccc(CN2CC(C(=O)N3CCC(CN)C3)CC2=O)cc1. The van der Waals surface area contributed by atoms with E-state index in [4.69, 9.17) is 5.73 Å². The number of carbonyl (C=O) groups excluding carboxylic acids is 2. The van der Waals surface area contributed by atoms with Gasteiger partial charge in [-0.25, -0.2) is 0 Å². The number of likely N-dealkylation sites (tertiary alicyclic amines) is 2. The molecule has 2 saturated heterocycles. The smallest absolute Gasteiger partial charge is 0.228 e. The van der Waals surface area contributed by atoms with Gasteiger partial charge >= 0.3 is 0 Å². The van der Waals surface area contributed by atoms with Gasteiger partial charge in [-0.2, -0.15) is 0 Å². The van der Waals surface area contributed by atoms with Crippen LogP contribution in [0.1, 0.15) is 24.0 Å². The number of amides is 2. The Balaban J connectivity index is 1.58. The van der Waals surface area contributed by atoms with Crippen molar-refractivity contribution in [3.05, 3.63) is 35.4 Å². The number of benzene rings is 1. The second kappa shape index (κ2) is 6.71. The summed E-state index contributed by atoms with van der Waals surface area (Å²) >= 11 is 0. The molecule has 0 saturated carbocycles. The van der Waals surface area contributed by atoms with Gasteiger partial charge in [-0.1, -0.05) is 29.8 Å². The monoisotopic (exact) mass is 315 g/mol. The summed E-state index contributed by atoms with van der Waals surface area (Å²) in [4.78, 5) is 28.5. The van der Waals surface area contributed by atoms with Crippen molar-refractivity contribution in [2.24, 2.45) is 17.6 Å². The van der Waals surface area contributed by atoms with Crippen molar-refractivity contribution in [3.63, 3.8) is 0 Å². The van der Waals surface area contributed by atoms with Crippen LogP contribution in [0.3, 0.4) is 0 Å². The third kappa shape index (κ3) is 3.55. The predicted octanol–water partition coefficient (Wildman–Crippen LogP) is 1.15. The number of aryl methyl sites for hydroxylation is 1. The summed E-state index contributed by atoms with van der Waals surface area (Å²) in [5.41, 5.74) is 8.01. The fourth-order valence-electron chi connectivity index (χ4n) is 3.49. The van der Waals surface area contributed by atoms with Gasteiger partial charge in [0.25, 0.3) is 0 Å². The predicted molar refractivity (Wildman–Crippen MR) is 88.4 cm³/mol. The van der Waals surface area contributed by atoms with Crippen molar-refractivity contribution in [2.75, 3.05) is 26.2 Å². The highest BCUT2D eigenvalue weighted by molar-refractivity contribution is 5.89. The molecule has 0 radical (unpaired) electrons. The first-order valence-corrected chi connectivity index (χ1v) is 8.39. The summed E-state index contributed by atoms with van der Waals surface area (Å²) in [6.45, 7) is 5.34. The third-order valence-electron chi connectivity index (χ3n) is 4.99. The average Bonchev–Trinajstić information content (AvgIpc) is 3.16. The van der Waals surface area contributed by atoms with Crippen LogP contribution in [0.25, 0.3) is 0 Å². The number of hydrogen-bond acceptors (Lipinski definition) is 3. The van der Waals surface area contributed by atoms with Gasteiger partial charge in [0.2, 0.25) is 11.8 Å². The van der Waals surface area contributed by atoms with Gasteiger partial charge in [-0.05, 0) is 31.4 Å². The molecule has 2 aliphatic rings. The molecule has 0 spiro atoms. The zero-order valence-corrected chi connectivity index (χ0v) is 13.7. The number of nitrogens with two attached hydrogens (primary N) is 1. The second-order valence-corrected chi connectivity index (χ2v) is 6.84. The van der Waals surface area contributed by atoms with Crippen molar-refractivity contribution in [3.8, 4) is 0 Å². The molecule has 5 nitrogen and oxygen atoms in total. The highest BCUT2D eigenvalue weighted by Gasteiger charge is 2.38. The van der Waals surface area contributed by atoms with Gasteiger partial charge in [-0.15, -0.1) is 0 Å². The van der Waals surface area contributed by atoms with Crippen LogP contribution < -0.4 is 5.73 Å². The largest absolute Gasteiger partial charge is 0.342 e. The molecule has 2 unspecified atom stereocenters. The van der Waals surface area contributed by atoms with Gasteiger partial charge in [0.05, 0.1) is 5.92 Å². The van der Waals surface area contributed by atoms with E-state index in [1.807, 2.05) is 28.9 Å². The number of hydrogen-bond donors (Lipinski definition) is 1. The van der Waals surface area contributed by atoms with E-state index in [0.29, 0.717) is 32.0 Å². The van der Waals surface area contributed by atoms with E-state index in [1.165, 1.54) is 5.56 Å². The first kappa shape index (κ1) is 16.0. The van der Waals surface area contributed by atoms with Crippen LogP contribution >= 0.6 is 0 Å². The van der Waals surface area contributed by atoms with Crippen LogP contribution in [-0.2, 0) is 16.1 Å². The van der Waals surface area contributed by atoms with Gasteiger partial charge in [-0.3, -0.25) is 9.59 Å². The Morgan fingerprint density at radius 2 is 2.00 bits per heavy atom. The molecule has 2 heterocycles. The van der Waals surface area contributed by atoms with Crippen LogP contribution in [0, 0.1) is 18.8 Å².